The Morgan fingerprint density at radius 1 is 1.10 bits per heavy atom. The minimum Gasteiger partial charge on any atom is -0.481 e. The van der Waals surface area contributed by atoms with Crippen molar-refractivity contribution in [3.63, 3.8) is 0 Å². The molecule has 0 amide bonds. The zero-order valence-electron chi connectivity index (χ0n) is 18.6. The first kappa shape index (κ1) is 24.8. The normalized spacial score (nSPS) is 29.2. The maximum Gasteiger partial charge on any atom is 0.303 e. The fourth-order valence-corrected chi connectivity index (χ4v) is 4.86. The molecule has 1 saturated carbocycles. The predicted octanol–water partition coefficient (Wildman–Crippen LogP) is 5.80. The third kappa shape index (κ3) is 9.59. The van der Waals surface area contributed by atoms with E-state index in [4.69, 9.17) is 9.84 Å². The van der Waals surface area contributed by atoms with Gasteiger partial charge in [0.1, 0.15) is 0 Å². The average molecular weight is 420 g/mol. The minimum atomic E-state index is -0.694. The number of carboxylic acids is 1. The lowest BCUT2D eigenvalue weighted by atomic mass is 9.85. The largest absolute Gasteiger partial charge is 0.481 e. The molecule has 0 spiro atoms. The van der Waals surface area contributed by atoms with Crippen LogP contribution in [0, 0.1) is 11.8 Å². The second-order valence-electron chi connectivity index (χ2n) is 8.89. The van der Waals surface area contributed by atoms with Crippen LogP contribution in [0.1, 0.15) is 84.0 Å². The number of hydroxylamine groups is 1. The number of rotatable bonds is 14. The number of allylic oxidation sites excluding steroid dienone is 4. The van der Waals surface area contributed by atoms with E-state index in [1.54, 1.807) is 0 Å². The molecule has 3 unspecified atom stereocenters. The first-order valence-electron chi connectivity index (χ1n) is 11.8. The summed E-state index contributed by atoms with van der Waals surface area (Å²) >= 11 is 0. The minimum absolute atomic E-state index is 0.0714. The van der Waals surface area contributed by atoms with Gasteiger partial charge in [0.25, 0.3) is 0 Å². The summed E-state index contributed by atoms with van der Waals surface area (Å²) in [5.74, 6) is 0.504. The van der Waals surface area contributed by atoms with Crippen molar-refractivity contribution in [3.05, 3.63) is 36.0 Å². The standard InChI is InChI=1S/C25H41NO4/c1-20-11-5-4-7-13-22(19-20)30-18-10-9-14-23-21(16-17-24(23)26-29)12-6-2-3-8-15-25(27)28/h5,7,11,13,19,21-24,26,29H,2-4,6,8-10,12,14-18H2,1H3,(H,27,28)/b11-5-,13-7?,20-19-/t21-,22?,23?,24?/m0/s1. The lowest BCUT2D eigenvalue weighted by Gasteiger charge is -2.24. The Bertz CT molecular complexity index is 584. The van der Waals surface area contributed by atoms with E-state index in [1.165, 1.54) is 18.4 Å². The molecular weight excluding hydrogens is 378 g/mol. The fourth-order valence-electron chi connectivity index (χ4n) is 4.86. The number of carbonyl (C=O) groups is 1. The van der Waals surface area contributed by atoms with Gasteiger partial charge in [0.15, 0.2) is 0 Å². The van der Waals surface area contributed by atoms with E-state index in [1.807, 2.05) is 0 Å². The summed E-state index contributed by atoms with van der Waals surface area (Å²) in [6.45, 7) is 2.88. The molecule has 1 fully saturated rings. The molecule has 3 N–H and O–H groups in total. The molecule has 5 nitrogen and oxygen atoms in total. The summed E-state index contributed by atoms with van der Waals surface area (Å²) in [4.78, 5) is 10.6. The molecule has 4 atom stereocenters. The highest BCUT2D eigenvalue weighted by Gasteiger charge is 2.34. The Morgan fingerprint density at radius 2 is 1.90 bits per heavy atom. The number of unbranched alkanes of at least 4 members (excludes halogenated alkanes) is 4. The van der Waals surface area contributed by atoms with Gasteiger partial charge in [-0.05, 0) is 63.4 Å². The van der Waals surface area contributed by atoms with Crippen LogP contribution < -0.4 is 5.48 Å². The molecule has 0 aromatic heterocycles. The molecule has 5 heteroatoms. The third-order valence-corrected chi connectivity index (χ3v) is 6.50. The smallest absolute Gasteiger partial charge is 0.303 e. The van der Waals surface area contributed by atoms with Crippen LogP contribution in [0.15, 0.2) is 36.0 Å². The SMILES string of the molecule is CC1=C/C(OCCCCC2C(NO)CC[C@@H]2CCCCCCC(=O)O)C=CC/C=C\1. The molecule has 0 bridgehead atoms. The Labute approximate surface area is 182 Å². The van der Waals surface area contributed by atoms with Gasteiger partial charge in [-0.3, -0.25) is 4.79 Å². The van der Waals surface area contributed by atoms with Crippen LogP contribution in [-0.4, -0.2) is 35.0 Å². The summed E-state index contributed by atoms with van der Waals surface area (Å²) in [5.41, 5.74) is 3.81. The van der Waals surface area contributed by atoms with Crippen LogP contribution in [0.2, 0.25) is 0 Å². The summed E-state index contributed by atoms with van der Waals surface area (Å²) in [5, 5.41) is 18.3. The van der Waals surface area contributed by atoms with E-state index < -0.39 is 5.97 Å². The van der Waals surface area contributed by atoms with Crippen molar-refractivity contribution in [2.24, 2.45) is 11.8 Å². The van der Waals surface area contributed by atoms with Crippen LogP contribution in [-0.2, 0) is 9.53 Å². The van der Waals surface area contributed by atoms with Crippen LogP contribution >= 0.6 is 0 Å². The monoisotopic (exact) mass is 419 g/mol. The van der Waals surface area contributed by atoms with E-state index in [0.29, 0.717) is 11.8 Å². The first-order valence-corrected chi connectivity index (χ1v) is 11.8. The van der Waals surface area contributed by atoms with Gasteiger partial charge in [0.05, 0.1) is 6.10 Å². The summed E-state index contributed by atoms with van der Waals surface area (Å²) < 4.78 is 6.05. The van der Waals surface area contributed by atoms with Crippen LogP contribution in [0.4, 0.5) is 0 Å². The summed E-state index contributed by atoms with van der Waals surface area (Å²) in [6.07, 6.45) is 22.9. The first-order chi connectivity index (χ1) is 14.6. The van der Waals surface area contributed by atoms with Gasteiger partial charge in [-0.25, -0.2) is 5.48 Å². The van der Waals surface area contributed by atoms with Crippen molar-refractivity contribution in [2.45, 2.75) is 96.1 Å². The second-order valence-corrected chi connectivity index (χ2v) is 8.89. The van der Waals surface area contributed by atoms with E-state index in [-0.39, 0.29) is 18.6 Å². The number of hydrogen-bond acceptors (Lipinski definition) is 4. The van der Waals surface area contributed by atoms with E-state index in [2.05, 4.69) is 42.8 Å². The van der Waals surface area contributed by atoms with Crippen molar-refractivity contribution in [2.75, 3.05) is 6.61 Å². The van der Waals surface area contributed by atoms with Crippen molar-refractivity contribution < 1.29 is 19.8 Å². The summed E-state index contributed by atoms with van der Waals surface area (Å²) in [6, 6.07) is 0.217. The third-order valence-electron chi connectivity index (χ3n) is 6.50. The predicted molar refractivity (Wildman–Crippen MR) is 121 cm³/mol. The molecule has 2 rings (SSSR count). The molecular formula is C25H41NO4. The van der Waals surface area contributed by atoms with Crippen molar-refractivity contribution >= 4 is 5.97 Å². The van der Waals surface area contributed by atoms with Gasteiger partial charge >= 0.3 is 5.97 Å². The highest BCUT2D eigenvalue weighted by molar-refractivity contribution is 5.66. The second kappa shape index (κ2) is 14.6. The van der Waals surface area contributed by atoms with Crippen molar-refractivity contribution in [1.82, 2.24) is 5.48 Å². The van der Waals surface area contributed by atoms with Crippen molar-refractivity contribution in [1.29, 1.82) is 0 Å². The van der Waals surface area contributed by atoms with E-state index >= 15 is 0 Å². The molecule has 0 heterocycles. The molecule has 0 aromatic carbocycles. The van der Waals surface area contributed by atoms with Gasteiger partial charge in [0, 0.05) is 19.1 Å². The number of nitrogens with one attached hydrogen (secondary N) is 1. The summed E-state index contributed by atoms with van der Waals surface area (Å²) in [7, 11) is 0. The van der Waals surface area contributed by atoms with E-state index in [0.717, 1.165) is 64.4 Å². The zero-order chi connectivity index (χ0) is 21.6. The van der Waals surface area contributed by atoms with Gasteiger partial charge < -0.3 is 15.1 Å². The Balaban J connectivity index is 1.64. The molecule has 2 aliphatic rings. The average Bonchev–Trinajstić information content (AvgIpc) is 3.09. The Morgan fingerprint density at radius 3 is 2.70 bits per heavy atom. The van der Waals surface area contributed by atoms with Crippen molar-refractivity contribution in [3.8, 4) is 0 Å². The molecule has 170 valence electrons. The quantitative estimate of drug-likeness (QED) is 0.188. The van der Waals surface area contributed by atoms with Crippen LogP contribution in [0.5, 0.6) is 0 Å². The number of aliphatic carboxylic acids is 1. The maximum atomic E-state index is 10.6. The van der Waals surface area contributed by atoms with Gasteiger partial charge in [-0.1, -0.05) is 62.0 Å². The fraction of sp³-hybridized carbons (Fsp3) is 0.720. The van der Waals surface area contributed by atoms with Crippen LogP contribution in [0.25, 0.3) is 0 Å². The lowest BCUT2D eigenvalue weighted by Crippen LogP contribution is -2.31. The van der Waals surface area contributed by atoms with Gasteiger partial charge in [0.2, 0.25) is 0 Å². The highest BCUT2D eigenvalue weighted by Crippen LogP contribution is 2.38. The Kier molecular flexibility index (Phi) is 12.0. The van der Waals surface area contributed by atoms with E-state index in [9.17, 15) is 10.0 Å². The number of carboxylic acid groups (broad SMARTS) is 1. The molecule has 30 heavy (non-hydrogen) atoms. The lowest BCUT2D eigenvalue weighted by molar-refractivity contribution is -0.137. The molecule has 2 aliphatic carbocycles. The molecule has 0 radical (unpaired) electrons. The maximum absolute atomic E-state index is 10.6. The highest BCUT2D eigenvalue weighted by atomic mass is 16.5. The molecule has 0 saturated heterocycles. The molecule has 0 aromatic rings. The topological polar surface area (TPSA) is 78.8 Å². The Hall–Kier alpha value is -1.43. The zero-order valence-corrected chi connectivity index (χ0v) is 18.6. The van der Waals surface area contributed by atoms with Gasteiger partial charge in [-0.2, -0.15) is 0 Å². The number of hydrogen-bond donors (Lipinski definition) is 3. The van der Waals surface area contributed by atoms with Crippen LogP contribution in [0.3, 0.4) is 0 Å². The number of ether oxygens (including phenoxy) is 1. The molecule has 0 aliphatic heterocycles. The van der Waals surface area contributed by atoms with Gasteiger partial charge in [-0.15, -0.1) is 0 Å².